The van der Waals surface area contributed by atoms with Gasteiger partial charge < -0.3 is 4.74 Å². The summed E-state index contributed by atoms with van der Waals surface area (Å²) in [5.41, 5.74) is 2.34. The van der Waals surface area contributed by atoms with E-state index in [0.717, 1.165) is 5.56 Å². The van der Waals surface area contributed by atoms with Gasteiger partial charge in [0, 0.05) is 17.6 Å². The van der Waals surface area contributed by atoms with E-state index in [2.05, 4.69) is 28.1 Å². The molecule has 0 atom stereocenters. The number of sulfonamides is 1. The van der Waals surface area contributed by atoms with Gasteiger partial charge in [0.05, 0.1) is 12.0 Å². The van der Waals surface area contributed by atoms with Gasteiger partial charge in [0.2, 0.25) is 10.0 Å². The van der Waals surface area contributed by atoms with E-state index < -0.39 is 10.0 Å². The van der Waals surface area contributed by atoms with E-state index in [1.807, 2.05) is 24.3 Å². The number of methoxy groups -OCH3 is 1. The number of rotatable bonds is 4. The van der Waals surface area contributed by atoms with Gasteiger partial charge in [-0.05, 0) is 51.7 Å². The second-order valence-corrected chi connectivity index (χ2v) is 8.27. The lowest BCUT2D eigenvalue weighted by Gasteiger charge is -2.26. The van der Waals surface area contributed by atoms with E-state index in [9.17, 15) is 8.42 Å². The third kappa shape index (κ3) is 3.41. The van der Waals surface area contributed by atoms with E-state index in [0.29, 0.717) is 29.7 Å². The molecule has 2 aromatic carbocycles. The molecule has 2 aromatic rings. The zero-order valence-corrected chi connectivity index (χ0v) is 15.7. The van der Waals surface area contributed by atoms with Crippen LogP contribution in [0.15, 0.2) is 64.0 Å². The van der Waals surface area contributed by atoms with Crippen LogP contribution < -0.4 is 4.74 Å². The summed E-state index contributed by atoms with van der Waals surface area (Å²) < 4.78 is 32.9. The molecule has 0 fully saturated rings. The van der Waals surface area contributed by atoms with Gasteiger partial charge in [-0.15, -0.1) is 0 Å². The maximum atomic E-state index is 12.9. The summed E-state index contributed by atoms with van der Waals surface area (Å²) in [4.78, 5) is 0.264. The topological polar surface area (TPSA) is 46.6 Å². The van der Waals surface area contributed by atoms with Crippen LogP contribution in [0.2, 0.25) is 0 Å². The zero-order valence-electron chi connectivity index (χ0n) is 13.3. The molecule has 1 aliphatic rings. The van der Waals surface area contributed by atoms with Crippen molar-refractivity contribution in [1.29, 1.82) is 0 Å². The van der Waals surface area contributed by atoms with Crippen molar-refractivity contribution in [3.8, 4) is 5.75 Å². The van der Waals surface area contributed by atoms with Crippen LogP contribution in [0.1, 0.15) is 12.0 Å². The second kappa shape index (κ2) is 7.09. The van der Waals surface area contributed by atoms with Crippen molar-refractivity contribution in [1.82, 2.24) is 4.31 Å². The fraction of sp³-hybridized carbons (Fsp3) is 0.222. The smallest absolute Gasteiger partial charge is 0.244 e. The number of hydrogen-bond acceptors (Lipinski definition) is 3. The lowest BCUT2D eigenvalue weighted by molar-refractivity contribution is 0.413. The van der Waals surface area contributed by atoms with Crippen molar-refractivity contribution in [2.45, 2.75) is 11.3 Å². The molecule has 0 aromatic heterocycles. The van der Waals surface area contributed by atoms with Crippen LogP contribution in [0.5, 0.6) is 5.75 Å². The van der Waals surface area contributed by atoms with Crippen LogP contribution in [-0.2, 0) is 10.0 Å². The molecule has 0 saturated carbocycles. The van der Waals surface area contributed by atoms with Crippen molar-refractivity contribution in [2.24, 2.45) is 0 Å². The van der Waals surface area contributed by atoms with E-state index in [1.165, 1.54) is 9.88 Å². The fourth-order valence-electron chi connectivity index (χ4n) is 2.74. The predicted octanol–water partition coefficient (Wildman–Crippen LogP) is 3.94. The van der Waals surface area contributed by atoms with E-state index >= 15 is 0 Å². The molecule has 0 amide bonds. The minimum absolute atomic E-state index is 0.264. The number of benzene rings is 2. The average Bonchev–Trinajstić information content (AvgIpc) is 2.62. The van der Waals surface area contributed by atoms with E-state index in [1.54, 1.807) is 25.3 Å². The average molecular weight is 408 g/mol. The summed E-state index contributed by atoms with van der Waals surface area (Å²) in [5.74, 6) is 0.616. The SMILES string of the molecule is COc1ccc(S(=O)(=O)N2CC=C(c3ccccc3)CC2)c(Br)c1. The largest absolute Gasteiger partial charge is 0.497 e. The maximum Gasteiger partial charge on any atom is 0.244 e. The standard InChI is InChI=1S/C18H18BrNO3S/c1-23-16-7-8-18(17(19)13-16)24(21,22)20-11-9-15(10-12-20)14-5-3-2-4-6-14/h2-9,13H,10-12H2,1H3. The van der Waals surface area contributed by atoms with Gasteiger partial charge in [0.25, 0.3) is 0 Å². The Morgan fingerprint density at radius 1 is 1.12 bits per heavy atom. The van der Waals surface area contributed by atoms with E-state index in [4.69, 9.17) is 4.74 Å². The lowest BCUT2D eigenvalue weighted by Crippen LogP contribution is -2.34. The molecule has 4 nitrogen and oxygen atoms in total. The van der Waals surface area contributed by atoms with Crippen molar-refractivity contribution < 1.29 is 13.2 Å². The molecular formula is C18H18BrNO3S. The Kier molecular flexibility index (Phi) is 5.08. The summed E-state index contributed by atoms with van der Waals surface area (Å²) >= 11 is 3.34. The molecule has 0 spiro atoms. The first-order valence-corrected chi connectivity index (χ1v) is 9.84. The molecule has 1 aliphatic heterocycles. The van der Waals surface area contributed by atoms with Crippen LogP contribution in [0.25, 0.3) is 5.57 Å². The number of ether oxygens (including phenoxy) is 1. The molecule has 0 unspecified atom stereocenters. The minimum Gasteiger partial charge on any atom is -0.497 e. The highest BCUT2D eigenvalue weighted by Crippen LogP contribution is 2.31. The molecule has 0 radical (unpaired) electrons. The van der Waals surface area contributed by atoms with Crippen LogP contribution in [-0.4, -0.2) is 32.9 Å². The third-order valence-corrected chi connectivity index (χ3v) is 6.92. The summed E-state index contributed by atoms with van der Waals surface area (Å²) in [6.07, 6.45) is 2.70. The second-order valence-electron chi connectivity index (χ2n) is 5.50. The summed E-state index contributed by atoms with van der Waals surface area (Å²) in [6.45, 7) is 0.854. The van der Waals surface area contributed by atoms with Crippen LogP contribution in [0.4, 0.5) is 0 Å². The van der Waals surface area contributed by atoms with Crippen molar-refractivity contribution >= 4 is 31.5 Å². The summed E-state index contributed by atoms with van der Waals surface area (Å²) in [7, 11) is -1.98. The molecule has 1 heterocycles. The molecule has 126 valence electrons. The van der Waals surface area contributed by atoms with Gasteiger partial charge in [-0.1, -0.05) is 36.4 Å². The third-order valence-electron chi connectivity index (χ3n) is 4.07. The molecule has 0 bridgehead atoms. The molecule has 24 heavy (non-hydrogen) atoms. The van der Waals surface area contributed by atoms with Crippen LogP contribution >= 0.6 is 15.9 Å². The van der Waals surface area contributed by atoms with Crippen LogP contribution in [0.3, 0.4) is 0 Å². The molecular weight excluding hydrogens is 390 g/mol. The Morgan fingerprint density at radius 2 is 1.88 bits per heavy atom. The van der Waals surface area contributed by atoms with Crippen LogP contribution in [0, 0.1) is 0 Å². The quantitative estimate of drug-likeness (QED) is 0.770. The van der Waals surface area contributed by atoms with Crippen molar-refractivity contribution in [3.05, 3.63) is 64.6 Å². The Bertz CT molecular complexity index is 863. The monoisotopic (exact) mass is 407 g/mol. The minimum atomic E-state index is -3.54. The van der Waals surface area contributed by atoms with Gasteiger partial charge in [0.1, 0.15) is 5.75 Å². The number of hydrogen-bond donors (Lipinski definition) is 0. The number of nitrogens with zero attached hydrogens (tertiary/aromatic N) is 1. The van der Waals surface area contributed by atoms with Gasteiger partial charge in [0.15, 0.2) is 0 Å². The Hall–Kier alpha value is -1.63. The first-order chi connectivity index (χ1) is 11.5. The predicted molar refractivity (Wildman–Crippen MR) is 98.5 cm³/mol. The first kappa shape index (κ1) is 17.2. The van der Waals surface area contributed by atoms with Gasteiger partial charge in [-0.2, -0.15) is 4.31 Å². The van der Waals surface area contributed by atoms with E-state index in [-0.39, 0.29) is 4.90 Å². The fourth-order valence-corrected chi connectivity index (χ4v) is 5.14. The lowest BCUT2D eigenvalue weighted by atomic mass is 10.0. The summed E-state index contributed by atoms with van der Waals surface area (Å²) in [6, 6.07) is 15.0. The molecule has 0 aliphatic carbocycles. The summed E-state index contributed by atoms with van der Waals surface area (Å²) in [5, 5.41) is 0. The highest BCUT2D eigenvalue weighted by Gasteiger charge is 2.28. The van der Waals surface area contributed by atoms with Crippen molar-refractivity contribution in [3.63, 3.8) is 0 Å². The first-order valence-electron chi connectivity index (χ1n) is 7.60. The van der Waals surface area contributed by atoms with Crippen molar-refractivity contribution in [2.75, 3.05) is 20.2 Å². The molecule has 3 rings (SSSR count). The van der Waals surface area contributed by atoms with Gasteiger partial charge in [-0.3, -0.25) is 0 Å². The molecule has 0 N–H and O–H groups in total. The Balaban J connectivity index is 1.84. The molecule has 6 heteroatoms. The molecule has 0 saturated heterocycles. The zero-order chi connectivity index (χ0) is 17.2. The Labute approximate surface area is 150 Å². The Morgan fingerprint density at radius 3 is 2.46 bits per heavy atom. The normalized spacial score (nSPS) is 15.8. The van der Waals surface area contributed by atoms with Gasteiger partial charge >= 0.3 is 0 Å². The highest BCUT2D eigenvalue weighted by atomic mass is 79.9. The number of halogens is 1. The highest BCUT2D eigenvalue weighted by molar-refractivity contribution is 9.10. The van der Waals surface area contributed by atoms with Gasteiger partial charge in [-0.25, -0.2) is 8.42 Å². The maximum absolute atomic E-state index is 12.9.